The van der Waals surface area contributed by atoms with E-state index in [0.717, 1.165) is 17.1 Å². The lowest BCUT2D eigenvalue weighted by Crippen LogP contribution is -2.15. The fraction of sp³-hybridized carbons (Fsp3) is 0.267. The second kappa shape index (κ2) is 6.65. The van der Waals surface area contributed by atoms with E-state index in [9.17, 15) is 14.0 Å². The van der Waals surface area contributed by atoms with Crippen LogP contribution in [0.25, 0.3) is 0 Å². The van der Waals surface area contributed by atoms with Crippen molar-refractivity contribution in [2.75, 3.05) is 5.32 Å². The van der Waals surface area contributed by atoms with Gasteiger partial charge in [-0.3, -0.25) is 4.79 Å². The van der Waals surface area contributed by atoms with Crippen molar-refractivity contribution in [1.29, 1.82) is 0 Å². The van der Waals surface area contributed by atoms with Gasteiger partial charge in [0, 0.05) is 17.0 Å². The number of anilines is 1. The number of rotatable bonds is 5. The van der Waals surface area contributed by atoms with E-state index in [0.29, 0.717) is 11.6 Å². The fourth-order valence-corrected chi connectivity index (χ4v) is 2.64. The predicted octanol–water partition coefficient (Wildman–Crippen LogP) is 3.29. The summed E-state index contributed by atoms with van der Waals surface area (Å²) >= 11 is 1.50. The summed E-state index contributed by atoms with van der Waals surface area (Å²) < 4.78 is 13.3. The van der Waals surface area contributed by atoms with Crippen LogP contribution < -0.4 is 5.32 Å². The Morgan fingerprint density at radius 3 is 2.73 bits per heavy atom. The lowest BCUT2D eigenvalue weighted by Gasteiger charge is -2.06. The summed E-state index contributed by atoms with van der Waals surface area (Å²) in [5, 5.41) is 14.2. The third-order valence-electron chi connectivity index (χ3n) is 2.89. The van der Waals surface area contributed by atoms with Crippen molar-refractivity contribution < 1.29 is 19.1 Å². The quantitative estimate of drug-likeness (QED) is 0.885. The molecule has 2 aromatic rings. The Morgan fingerprint density at radius 1 is 1.41 bits per heavy atom. The molecular formula is C15H15FN2O3S. The van der Waals surface area contributed by atoms with Crippen LogP contribution in [-0.2, 0) is 11.2 Å². The smallest absolute Gasteiger partial charge is 0.338 e. The van der Waals surface area contributed by atoms with Crippen LogP contribution in [0.15, 0.2) is 23.6 Å². The number of halogens is 1. The van der Waals surface area contributed by atoms with E-state index in [1.165, 1.54) is 17.4 Å². The maximum atomic E-state index is 13.3. The average Bonchev–Trinajstić information content (AvgIpc) is 2.89. The van der Waals surface area contributed by atoms with Gasteiger partial charge >= 0.3 is 5.97 Å². The third-order valence-corrected chi connectivity index (χ3v) is 4.08. The molecule has 0 aliphatic carbocycles. The first-order valence-electron chi connectivity index (χ1n) is 6.64. The van der Waals surface area contributed by atoms with Gasteiger partial charge in [0.1, 0.15) is 5.82 Å². The van der Waals surface area contributed by atoms with Crippen LogP contribution in [0.5, 0.6) is 0 Å². The molecule has 1 heterocycles. The topological polar surface area (TPSA) is 79.3 Å². The summed E-state index contributed by atoms with van der Waals surface area (Å²) in [6.45, 7) is 4.04. The lowest BCUT2D eigenvalue weighted by molar-refractivity contribution is -0.115. The van der Waals surface area contributed by atoms with E-state index in [1.807, 2.05) is 19.2 Å². The van der Waals surface area contributed by atoms with Crippen LogP contribution >= 0.6 is 11.3 Å². The molecule has 1 aromatic carbocycles. The van der Waals surface area contributed by atoms with Crippen LogP contribution in [0.4, 0.5) is 10.1 Å². The number of aromatic nitrogens is 1. The molecule has 0 fully saturated rings. The van der Waals surface area contributed by atoms with E-state index in [1.54, 1.807) is 0 Å². The second-order valence-electron chi connectivity index (χ2n) is 5.06. The van der Waals surface area contributed by atoms with Crippen molar-refractivity contribution in [3.05, 3.63) is 45.7 Å². The van der Waals surface area contributed by atoms with E-state index >= 15 is 0 Å². The molecule has 0 bridgehead atoms. The molecule has 0 atom stereocenters. The number of aromatic carboxylic acids is 1. The molecule has 2 N–H and O–H groups in total. The lowest BCUT2D eigenvalue weighted by atomic mass is 10.2. The number of hydrogen-bond acceptors (Lipinski definition) is 4. The maximum absolute atomic E-state index is 13.3. The summed E-state index contributed by atoms with van der Waals surface area (Å²) in [5.41, 5.74) is 0.420. The van der Waals surface area contributed by atoms with Crippen molar-refractivity contribution in [2.24, 2.45) is 0 Å². The normalized spacial score (nSPS) is 10.7. The van der Waals surface area contributed by atoms with Crippen LogP contribution in [0.3, 0.4) is 0 Å². The van der Waals surface area contributed by atoms with Gasteiger partial charge in [0.05, 0.1) is 22.7 Å². The Kier molecular flexibility index (Phi) is 4.87. The van der Waals surface area contributed by atoms with Crippen molar-refractivity contribution in [1.82, 2.24) is 4.98 Å². The number of carbonyl (C=O) groups is 2. The number of nitrogens with zero attached hydrogens (tertiary/aromatic N) is 1. The van der Waals surface area contributed by atoms with Gasteiger partial charge in [-0.2, -0.15) is 0 Å². The SMILES string of the molecule is CC(C)c1nc(CC(=O)Nc2ccc(F)c(C(=O)O)c2)cs1. The van der Waals surface area contributed by atoms with Gasteiger partial charge in [-0.1, -0.05) is 13.8 Å². The zero-order chi connectivity index (χ0) is 16.3. The Morgan fingerprint density at radius 2 is 2.14 bits per heavy atom. The highest BCUT2D eigenvalue weighted by Gasteiger charge is 2.13. The maximum Gasteiger partial charge on any atom is 0.338 e. The van der Waals surface area contributed by atoms with Gasteiger partial charge in [-0.15, -0.1) is 11.3 Å². The molecule has 1 aromatic heterocycles. The van der Waals surface area contributed by atoms with Gasteiger partial charge in [0.2, 0.25) is 5.91 Å². The number of nitrogens with one attached hydrogen (secondary N) is 1. The molecule has 2 rings (SSSR count). The van der Waals surface area contributed by atoms with Gasteiger partial charge in [-0.05, 0) is 18.2 Å². The molecule has 116 valence electrons. The zero-order valence-electron chi connectivity index (χ0n) is 12.1. The van der Waals surface area contributed by atoms with Gasteiger partial charge in [0.25, 0.3) is 0 Å². The molecule has 0 aliphatic rings. The molecule has 22 heavy (non-hydrogen) atoms. The number of amides is 1. The third kappa shape index (κ3) is 3.88. The van der Waals surface area contributed by atoms with Crippen LogP contribution in [0.1, 0.15) is 40.8 Å². The summed E-state index contributed by atoms with van der Waals surface area (Å²) in [5.74, 6) is -2.25. The molecule has 1 amide bonds. The van der Waals surface area contributed by atoms with Gasteiger partial charge in [0.15, 0.2) is 0 Å². The number of hydrogen-bond donors (Lipinski definition) is 2. The van der Waals surface area contributed by atoms with E-state index in [4.69, 9.17) is 5.11 Å². The van der Waals surface area contributed by atoms with Crippen molar-refractivity contribution in [3.63, 3.8) is 0 Å². The second-order valence-corrected chi connectivity index (χ2v) is 5.95. The first-order chi connectivity index (χ1) is 10.4. The molecule has 7 heteroatoms. The van der Waals surface area contributed by atoms with Crippen molar-refractivity contribution in [2.45, 2.75) is 26.2 Å². The first kappa shape index (κ1) is 16.1. The average molecular weight is 322 g/mol. The largest absolute Gasteiger partial charge is 0.478 e. The minimum atomic E-state index is -1.38. The number of carbonyl (C=O) groups excluding carboxylic acids is 1. The van der Waals surface area contributed by atoms with Crippen molar-refractivity contribution in [3.8, 4) is 0 Å². The number of carboxylic acid groups (broad SMARTS) is 1. The Labute approximate surface area is 130 Å². The Balaban J connectivity index is 2.05. The van der Waals surface area contributed by atoms with Gasteiger partial charge < -0.3 is 10.4 Å². The van der Waals surface area contributed by atoms with E-state index < -0.39 is 17.3 Å². The minimum absolute atomic E-state index is 0.0863. The Bertz CT molecular complexity index is 713. The summed E-state index contributed by atoms with van der Waals surface area (Å²) in [4.78, 5) is 27.2. The highest BCUT2D eigenvalue weighted by atomic mass is 32.1. The molecule has 0 spiro atoms. The van der Waals surface area contributed by atoms with E-state index in [2.05, 4.69) is 10.3 Å². The standard InChI is InChI=1S/C15H15FN2O3S/c1-8(2)14-18-10(7-22-14)6-13(19)17-9-3-4-12(16)11(5-9)15(20)21/h3-5,7-8H,6H2,1-2H3,(H,17,19)(H,20,21). The summed E-state index contributed by atoms with van der Waals surface area (Å²) in [6, 6.07) is 3.43. The molecule has 0 radical (unpaired) electrons. The molecule has 0 aliphatic heterocycles. The zero-order valence-corrected chi connectivity index (χ0v) is 12.9. The highest BCUT2D eigenvalue weighted by Crippen LogP contribution is 2.20. The monoisotopic (exact) mass is 322 g/mol. The summed E-state index contributed by atoms with van der Waals surface area (Å²) in [6.07, 6.45) is 0.0863. The Hall–Kier alpha value is -2.28. The molecule has 0 saturated heterocycles. The van der Waals surface area contributed by atoms with Gasteiger partial charge in [-0.25, -0.2) is 14.2 Å². The molecule has 0 saturated carbocycles. The number of thiazole rings is 1. The fourth-order valence-electron chi connectivity index (χ4n) is 1.81. The summed E-state index contributed by atoms with van der Waals surface area (Å²) in [7, 11) is 0. The highest BCUT2D eigenvalue weighted by molar-refractivity contribution is 7.09. The van der Waals surface area contributed by atoms with Crippen LogP contribution in [0.2, 0.25) is 0 Å². The van der Waals surface area contributed by atoms with Crippen LogP contribution in [0, 0.1) is 5.82 Å². The molecule has 5 nitrogen and oxygen atoms in total. The minimum Gasteiger partial charge on any atom is -0.478 e. The number of benzene rings is 1. The van der Waals surface area contributed by atoms with Crippen LogP contribution in [-0.4, -0.2) is 22.0 Å². The predicted molar refractivity (Wildman–Crippen MR) is 81.9 cm³/mol. The first-order valence-corrected chi connectivity index (χ1v) is 7.51. The molecule has 0 unspecified atom stereocenters. The number of carboxylic acids is 1. The molecular weight excluding hydrogens is 307 g/mol. The van der Waals surface area contributed by atoms with Crippen molar-refractivity contribution >= 4 is 28.9 Å². The van der Waals surface area contributed by atoms with E-state index in [-0.39, 0.29) is 18.0 Å².